The van der Waals surface area contributed by atoms with E-state index in [0.717, 1.165) is 4.94 Å². The number of ether oxygens (including phenoxy) is 3. The largest absolute Gasteiger partial charge is 0.465 e. The molecule has 0 spiro atoms. The lowest BCUT2D eigenvalue weighted by Gasteiger charge is -2.30. The molecule has 1 heterocycles. The van der Waals surface area contributed by atoms with Gasteiger partial charge < -0.3 is 9.47 Å². The van der Waals surface area contributed by atoms with Crippen molar-refractivity contribution in [3.05, 3.63) is 0 Å². The second-order valence-electron chi connectivity index (χ2n) is 6.10. The second kappa shape index (κ2) is 12.4. The van der Waals surface area contributed by atoms with Crippen LogP contribution in [0.5, 0.6) is 0 Å². The molecule has 0 radical (unpaired) electrons. The third-order valence-corrected chi connectivity index (χ3v) is 3.33. The van der Waals surface area contributed by atoms with Gasteiger partial charge in [-0.2, -0.15) is 61.5 Å². The zero-order valence-corrected chi connectivity index (χ0v) is 17.3. The Labute approximate surface area is 195 Å². The smallest absolute Gasteiger partial charge is 0.460 e. The molecule has 0 bridgehead atoms. The van der Waals surface area contributed by atoms with Gasteiger partial charge in [-0.05, 0) is 9.05 Å². The Morgan fingerprint density at radius 3 is 1.47 bits per heavy atom. The highest BCUT2D eigenvalue weighted by Crippen LogP contribution is 2.53. The number of methoxy groups -OCH3 is 1. The van der Waals surface area contributed by atoms with Crippen LogP contribution in [0.25, 0.3) is 0 Å². The van der Waals surface area contributed by atoms with Gasteiger partial charge in [0.05, 0.1) is 7.11 Å². The van der Waals surface area contributed by atoms with Crippen molar-refractivity contribution in [1.82, 2.24) is 0 Å². The maximum atomic E-state index is 13.1. The predicted molar refractivity (Wildman–Crippen MR) is 73.9 cm³/mol. The van der Waals surface area contributed by atoms with E-state index in [2.05, 4.69) is 14.2 Å². The minimum absolute atomic E-state index is 0.635. The summed E-state index contributed by atoms with van der Waals surface area (Å²) in [5.74, 6) is -23.4. The van der Waals surface area contributed by atoms with E-state index in [1.54, 1.807) is 0 Å². The van der Waals surface area contributed by atoms with E-state index in [0.29, 0.717) is 7.11 Å². The summed E-state index contributed by atoms with van der Waals surface area (Å²) in [5, 5.41) is 0. The monoisotopic (exact) mass is 622 g/mol. The SMILES string of the molecule is COC(=O)C1(C(F)(F)F)OCC(F)(CF)O1.FCC(F)(F)OF.FOC(F)(F)C(F)(F)C(F)(F)C(F)(F)F. The van der Waals surface area contributed by atoms with Gasteiger partial charge in [-0.3, -0.25) is 4.74 Å². The van der Waals surface area contributed by atoms with E-state index < -0.39 is 74.0 Å². The molecular formula is C13H9F19O6. The van der Waals surface area contributed by atoms with E-state index >= 15 is 0 Å². The van der Waals surface area contributed by atoms with E-state index in [1.807, 2.05) is 4.94 Å². The highest BCUT2D eigenvalue weighted by Gasteiger charge is 2.83. The van der Waals surface area contributed by atoms with Crippen LogP contribution in [0.1, 0.15) is 0 Å². The average Bonchev–Trinajstić information content (AvgIpc) is 3.18. The molecule has 0 aromatic carbocycles. The van der Waals surface area contributed by atoms with Crippen LogP contribution in [0.4, 0.5) is 83.7 Å². The topological polar surface area (TPSA) is 63.2 Å². The molecule has 1 aliphatic heterocycles. The second-order valence-corrected chi connectivity index (χ2v) is 6.10. The molecule has 0 N–H and O–H groups in total. The maximum Gasteiger partial charge on any atom is 0.460 e. The summed E-state index contributed by atoms with van der Waals surface area (Å²) in [6, 6.07) is 0. The molecule has 6 nitrogen and oxygen atoms in total. The number of hydrogen-bond acceptors (Lipinski definition) is 6. The Balaban J connectivity index is 0. The first kappa shape index (κ1) is 38.1. The quantitative estimate of drug-likeness (QED) is 0.262. The number of alkyl halides is 17. The summed E-state index contributed by atoms with van der Waals surface area (Å²) in [6.07, 6.45) is -23.2. The van der Waals surface area contributed by atoms with Crippen molar-refractivity contribution in [2.75, 3.05) is 27.1 Å². The number of rotatable bonds is 7. The molecule has 38 heavy (non-hydrogen) atoms. The Hall–Kier alpha value is -2.02. The molecule has 0 aliphatic carbocycles. The number of carbonyl (C=O) groups excluding carboxylic acids is 1. The summed E-state index contributed by atoms with van der Waals surface area (Å²) in [5.41, 5.74) is 0. The summed E-state index contributed by atoms with van der Waals surface area (Å²) >= 11 is 0. The van der Waals surface area contributed by atoms with Crippen molar-refractivity contribution in [3.8, 4) is 0 Å². The first-order valence-electron chi connectivity index (χ1n) is 8.11. The number of hydrogen-bond donors (Lipinski definition) is 0. The molecule has 0 amide bonds. The van der Waals surface area contributed by atoms with Crippen molar-refractivity contribution >= 4 is 5.97 Å². The number of halogens is 19. The molecule has 25 heteroatoms. The van der Waals surface area contributed by atoms with Gasteiger partial charge in [-0.15, -0.1) is 9.88 Å². The van der Waals surface area contributed by atoms with Crippen molar-refractivity contribution in [2.45, 2.75) is 48.1 Å². The van der Waals surface area contributed by atoms with Crippen LogP contribution < -0.4 is 0 Å². The molecule has 0 aromatic rings. The molecule has 0 aromatic heterocycles. The van der Waals surface area contributed by atoms with E-state index in [4.69, 9.17) is 0 Å². The summed E-state index contributed by atoms with van der Waals surface area (Å²) in [6.45, 7) is -5.36. The van der Waals surface area contributed by atoms with Crippen molar-refractivity contribution in [1.29, 1.82) is 0 Å². The Morgan fingerprint density at radius 2 is 1.26 bits per heavy atom. The van der Waals surface area contributed by atoms with Crippen LogP contribution in [-0.2, 0) is 28.9 Å². The van der Waals surface area contributed by atoms with Crippen molar-refractivity contribution < 1.29 is 113 Å². The molecule has 1 fully saturated rings. The molecule has 1 aliphatic rings. The normalized spacial score (nSPS) is 23.2. The molecular weight excluding hydrogens is 613 g/mol. The van der Waals surface area contributed by atoms with Gasteiger partial charge in [0.25, 0.3) is 5.85 Å². The van der Waals surface area contributed by atoms with Crippen LogP contribution in [0.2, 0.25) is 0 Å². The highest BCUT2D eigenvalue weighted by atomic mass is 19.4. The zero-order valence-electron chi connectivity index (χ0n) is 17.3. The van der Waals surface area contributed by atoms with Gasteiger partial charge in [0.1, 0.15) is 6.61 Å². The Morgan fingerprint density at radius 1 is 0.816 bits per heavy atom. The third-order valence-electron chi connectivity index (χ3n) is 3.33. The average molecular weight is 622 g/mol. The molecule has 1 rings (SSSR count). The maximum absolute atomic E-state index is 13.1. The zero-order chi connectivity index (χ0) is 31.2. The summed E-state index contributed by atoms with van der Waals surface area (Å²) in [7, 11) is 0.635. The lowest BCUT2D eigenvalue weighted by atomic mass is 10.1. The van der Waals surface area contributed by atoms with Crippen molar-refractivity contribution in [2.24, 2.45) is 0 Å². The molecule has 230 valence electrons. The first-order chi connectivity index (χ1) is 16.6. The fraction of sp³-hybridized carbons (Fsp3) is 0.923. The number of carbonyl (C=O) groups is 1. The number of esters is 1. The fourth-order valence-corrected chi connectivity index (χ4v) is 1.51. The lowest BCUT2D eigenvalue weighted by molar-refractivity contribution is -0.481. The fourth-order valence-electron chi connectivity index (χ4n) is 1.51. The predicted octanol–water partition coefficient (Wildman–Crippen LogP) is 5.86. The van der Waals surface area contributed by atoms with Crippen LogP contribution in [-0.4, -0.2) is 81.1 Å². The van der Waals surface area contributed by atoms with Crippen LogP contribution >= 0.6 is 0 Å². The van der Waals surface area contributed by atoms with E-state index in [9.17, 15) is 88.5 Å². The van der Waals surface area contributed by atoms with Gasteiger partial charge in [-0.1, -0.05) is 0 Å². The Kier molecular flexibility index (Phi) is 12.5. The first-order valence-corrected chi connectivity index (χ1v) is 8.11. The van der Waals surface area contributed by atoms with Gasteiger partial charge in [-0.25, -0.2) is 18.0 Å². The van der Waals surface area contributed by atoms with Crippen LogP contribution in [0, 0.1) is 0 Å². The molecule has 1 saturated heterocycles. The minimum Gasteiger partial charge on any atom is -0.465 e. The van der Waals surface area contributed by atoms with Gasteiger partial charge in [0.2, 0.25) is 0 Å². The molecule has 2 unspecified atom stereocenters. The van der Waals surface area contributed by atoms with Crippen LogP contribution in [0.15, 0.2) is 0 Å². The molecule has 2 atom stereocenters. The van der Waals surface area contributed by atoms with Gasteiger partial charge in [0.15, 0.2) is 13.3 Å². The standard InChI is InChI=1S/C7H7F5O4.C4F10O.C2H2F4O/c1-14-4(13)6(7(10,11)12)15-3-5(9,2-8)16-6;5-1(6,3(9,10)11)2(7,8)4(12,13)15-14;3-1-2(4,5)7-6/h2-3H2,1H3;;1H2. The lowest BCUT2D eigenvalue weighted by Crippen LogP contribution is -2.61. The minimum atomic E-state index is -7.13. The van der Waals surface area contributed by atoms with E-state index in [-0.39, 0.29) is 0 Å². The summed E-state index contributed by atoms with van der Waals surface area (Å²) in [4.78, 5) is 13.9. The van der Waals surface area contributed by atoms with E-state index in [1.165, 1.54) is 0 Å². The third kappa shape index (κ3) is 8.24. The van der Waals surface area contributed by atoms with Gasteiger partial charge >= 0.3 is 48.2 Å². The Bertz CT molecular complexity index is 748. The van der Waals surface area contributed by atoms with Gasteiger partial charge in [0, 0.05) is 0 Å². The van der Waals surface area contributed by atoms with Crippen molar-refractivity contribution in [3.63, 3.8) is 0 Å². The molecule has 0 saturated carbocycles. The van der Waals surface area contributed by atoms with Crippen LogP contribution in [0.3, 0.4) is 0 Å². The highest BCUT2D eigenvalue weighted by molar-refractivity contribution is 5.79. The summed E-state index contributed by atoms with van der Waals surface area (Å²) < 4.78 is 232.